The summed E-state index contributed by atoms with van der Waals surface area (Å²) in [5.74, 6) is 1.80. The number of hydrogen-bond acceptors (Lipinski definition) is 4. The summed E-state index contributed by atoms with van der Waals surface area (Å²) in [5, 5.41) is 0. The molecule has 0 saturated carbocycles. The van der Waals surface area contributed by atoms with Gasteiger partial charge in [0, 0.05) is 12.7 Å². The molecular formula is C15H19N3O. The van der Waals surface area contributed by atoms with E-state index in [1.54, 1.807) is 12.4 Å². The maximum Gasteiger partial charge on any atom is 0.238 e. The van der Waals surface area contributed by atoms with Crippen LogP contribution in [0.25, 0.3) is 0 Å². The molecule has 0 aliphatic heterocycles. The van der Waals surface area contributed by atoms with E-state index in [9.17, 15) is 0 Å². The van der Waals surface area contributed by atoms with Gasteiger partial charge in [0.25, 0.3) is 0 Å². The van der Waals surface area contributed by atoms with Crippen LogP contribution in [0.5, 0.6) is 11.6 Å². The van der Waals surface area contributed by atoms with E-state index in [0.29, 0.717) is 24.0 Å². The van der Waals surface area contributed by atoms with Crippen LogP contribution in [0.1, 0.15) is 37.4 Å². The van der Waals surface area contributed by atoms with Crippen molar-refractivity contribution in [3.8, 4) is 11.6 Å². The fourth-order valence-corrected chi connectivity index (χ4v) is 1.75. The Morgan fingerprint density at radius 2 is 1.95 bits per heavy atom. The second kappa shape index (κ2) is 6.29. The third kappa shape index (κ3) is 3.51. The molecule has 0 aliphatic rings. The first-order valence-corrected chi connectivity index (χ1v) is 6.51. The summed E-state index contributed by atoms with van der Waals surface area (Å²) in [6.07, 6.45) is 4.35. The second-order valence-electron chi connectivity index (χ2n) is 4.53. The Bertz CT molecular complexity index is 525. The number of aromatic nitrogens is 2. The van der Waals surface area contributed by atoms with Crippen LogP contribution in [0, 0.1) is 0 Å². The Morgan fingerprint density at radius 3 is 2.58 bits per heavy atom. The van der Waals surface area contributed by atoms with E-state index in [2.05, 4.69) is 35.9 Å². The maximum absolute atomic E-state index is 5.66. The minimum Gasteiger partial charge on any atom is -0.437 e. The van der Waals surface area contributed by atoms with E-state index in [0.717, 1.165) is 12.2 Å². The molecule has 1 unspecified atom stereocenters. The van der Waals surface area contributed by atoms with Crippen molar-refractivity contribution in [2.45, 2.75) is 32.7 Å². The first kappa shape index (κ1) is 13.5. The fraction of sp³-hybridized carbons (Fsp3) is 0.333. The molecule has 1 heterocycles. The Labute approximate surface area is 113 Å². The molecule has 0 spiro atoms. The van der Waals surface area contributed by atoms with Crippen LogP contribution in [-0.4, -0.2) is 9.97 Å². The van der Waals surface area contributed by atoms with Crippen LogP contribution >= 0.6 is 0 Å². The molecule has 19 heavy (non-hydrogen) atoms. The van der Waals surface area contributed by atoms with Gasteiger partial charge >= 0.3 is 0 Å². The highest BCUT2D eigenvalue weighted by atomic mass is 16.5. The first-order chi connectivity index (χ1) is 9.22. The number of nitrogens with zero attached hydrogens (tertiary/aromatic N) is 2. The summed E-state index contributed by atoms with van der Waals surface area (Å²) in [6.45, 7) is 4.76. The Kier molecular flexibility index (Phi) is 4.47. The van der Waals surface area contributed by atoms with Crippen LogP contribution < -0.4 is 10.5 Å². The van der Waals surface area contributed by atoms with Crippen LogP contribution in [0.3, 0.4) is 0 Å². The van der Waals surface area contributed by atoms with Crippen molar-refractivity contribution >= 4 is 0 Å². The summed E-state index contributed by atoms with van der Waals surface area (Å²) in [5.41, 5.74) is 7.56. The summed E-state index contributed by atoms with van der Waals surface area (Å²) >= 11 is 0. The van der Waals surface area contributed by atoms with Crippen LogP contribution in [0.4, 0.5) is 0 Å². The number of ether oxygens (including phenoxy) is 1. The third-order valence-corrected chi connectivity index (χ3v) is 3.16. The van der Waals surface area contributed by atoms with Crippen molar-refractivity contribution in [1.29, 1.82) is 0 Å². The lowest BCUT2D eigenvalue weighted by molar-refractivity contribution is 0.457. The summed E-state index contributed by atoms with van der Waals surface area (Å²) in [7, 11) is 0. The molecule has 2 N–H and O–H groups in total. The Hall–Kier alpha value is -1.94. The van der Waals surface area contributed by atoms with Crippen LogP contribution in [-0.2, 0) is 6.54 Å². The number of nitrogens with two attached hydrogens (primary N) is 1. The average molecular weight is 257 g/mol. The van der Waals surface area contributed by atoms with E-state index < -0.39 is 0 Å². The zero-order chi connectivity index (χ0) is 13.7. The first-order valence-electron chi connectivity index (χ1n) is 6.51. The molecule has 100 valence electrons. The summed E-state index contributed by atoms with van der Waals surface area (Å²) in [4.78, 5) is 8.29. The van der Waals surface area contributed by atoms with E-state index in [1.807, 2.05) is 12.1 Å². The lowest BCUT2D eigenvalue weighted by atomic mass is 9.99. The van der Waals surface area contributed by atoms with Crippen molar-refractivity contribution in [2.24, 2.45) is 5.73 Å². The van der Waals surface area contributed by atoms with Gasteiger partial charge in [-0.2, -0.15) is 0 Å². The van der Waals surface area contributed by atoms with Crippen molar-refractivity contribution in [1.82, 2.24) is 9.97 Å². The number of rotatable bonds is 5. The number of hydrogen-bond donors (Lipinski definition) is 1. The molecular weight excluding hydrogens is 238 g/mol. The monoisotopic (exact) mass is 257 g/mol. The molecule has 2 aromatic rings. The Morgan fingerprint density at radius 1 is 1.21 bits per heavy atom. The fourth-order valence-electron chi connectivity index (χ4n) is 1.75. The number of benzene rings is 1. The summed E-state index contributed by atoms with van der Waals surface area (Å²) in [6, 6.07) is 8.09. The van der Waals surface area contributed by atoms with Crippen molar-refractivity contribution in [3.05, 3.63) is 47.9 Å². The van der Waals surface area contributed by atoms with Gasteiger partial charge in [-0.1, -0.05) is 26.0 Å². The molecule has 4 nitrogen and oxygen atoms in total. The minimum atomic E-state index is 0.358. The van der Waals surface area contributed by atoms with E-state index in [1.165, 1.54) is 5.56 Å². The summed E-state index contributed by atoms with van der Waals surface area (Å²) < 4.78 is 5.66. The van der Waals surface area contributed by atoms with E-state index in [4.69, 9.17) is 10.5 Å². The highest BCUT2D eigenvalue weighted by Gasteiger charge is 2.04. The molecule has 0 aliphatic carbocycles. The standard InChI is InChI=1S/C15H19N3O/c1-3-11(2)12-4-6-14(7-5-12)19-15-10-17-9-13(8-16)18-15/h4-7,9-11H,3,8,16H2,1-2H3. The van der Waals surface area contributed by atoms with Gasteiger partial charge in [0.1, 0.15) is 5.75 Å². The topological polar surface area (TPSA) is 61.0 Å². The SMILES string of the molecule is CCC(C)c1ccc(Oc2cncc(CN)n2)cc1. The highest BCUT2D eigenvalue weighted by Crippen LogP contribution is 2.24. The van der Waals surface area contributed by atoms with Crippen molar-refractivity contribution in [3.63, 3.8) is 0 Å². The molecule has 2 rings (SSSR count). The van der Waals surface area contributed by atoms with Gasteiger partial charge < -0.3 is 10.5 Å². The van der Waals surface area contributed by atoms with Gasteiger partial charge in [-0.3, -0.25) is 4.98 Å². The quantitative estimate of drug-likeness (QED) is 0.893. The molecule has 0 bridgehead atoms. The minimum absolute atomic E-state index is 0.358. The van der Waals surface area contributed by atoms with Crippen LogP contribution in [0.15, 0.2) is 36.7 Å². The highest BCUT2D eigenvalue weighted by molar-refractivity contribution is 5.31. The van der Waals surface area contributed by atoms with Gasteiger partial charge in [0.2, 0.25) is 5.88 Å². The van der Waals surface area contributed by atoms with E-state index >= 15 is 0 Å². The zero-order valence-corrected chi connectivity index (χ0v) is 11.3. The molecule has 1 aromatic heterocycles. The van der Waals surface area contributed by atoms with Gasteiger partial charge in [0.05, 0.1) is 11.9 Å². The molecule has 0 amide bonds. The van der Waals surface area contributed by atoms with Gasteiger partial charge in [-0.25, -0.2) is 4.98 Å². The molecule has 4 heteroatoms. The molecule has 0 saturated heterocycles. The molecule has 1 atom stereocenters. The third-order valence-electron chi connectivity index (χ3n) is 3.16. The Balaban J connectivity index is 2.10. The lowest BCUT2D eigenvalue weighted by Crippen LogP contribution is -2.01. The largest absolute Gasteiger partial charge is 0.437 e. The maximum atomic E-state index is 5.66. The van der Waals surface area contributed by atoms with Gasteiger partial charge in [0.15, 0.2) is 0 Å². The smallest absolute Gasteiger partial charge is 0.238 e. The lowest BCUT2D eigenvalue weighted by Gasteiger charge is -2.10. The average Bonchev–Trinajstić information content (AvgIpc) is 2.47. The zero-order valence-electron chi connectivity index (χ0n) is 11.3. The van der Waals surface area contributed by atoms with Crippen molar-refractivity contribution in [2.75, 3.05) is 0 Å². The van der Waals surface area contributed by atoms with Crippen LogP contribution in [0.2, 0.25) is 0 Å². The second-order valence-corrected chi connectivity index (χ2v) is 4.53. The molecule has 0 fully saturated rings. The normalized spacial score (nSPS) is 12.2. The van der Waals surface area contributed by atoms with Gasteiger partial charge in [-0.15, -0.1) is 0 Å². The van der Waals surface area contributed by atoms with Crippen molar-refractivity contribution < 1.29 is 4.74 Å². The molecule has 1 aromatic carbocycles. The predicted molar refractivity (Wildman–Crippen MR) is 75.1 cm³/mol. The molecule has 0 radical (unpaired) electrons. The predicted octanol–water partition coefficient (Wildman–Crippen LogP) is 3.24. The van der Waals surface area contributed by atoms with Gasteiger partial charge in [-0.05, 0) is 30.0 Å². The van der Waals surface area contributed by atoms with E-state index in [-0.39, 0.29) is 0 Å².